The molecule has 0 spiro atoms. The highest BCUT2D eigenvalue weighted by Crippen LogP contribution is 2.19. The largest absolute Gasteiger partial charge is 0.467 e. The van der Waals surface area contributed by atoms with Crippen LogP contribution in [-0.2, 0) is 15.1 Å². The Kier molecular flexibility index (Phi) is 2.91. The van der Waals surface area contributed by atoms with Crippen LogP contribution in [0.2, 0.25) is 0 Å². The first-order valence-corrected chi connectivity index (χ1v) is 4.43. The Morgan fingerprint density at radius 1 is 1.50 bits per heavy atom. The summed E-state index contributed by atoms with van der Waals surface area (Å²) in [5.41, 5.74) is 6.66. The van der Waals surface area contributed by atoms with E-state index in [1.807, 2.05) is 31.2 Å². The molecule has 0 aliphatic carbocycles. The summed E-state index contributed by atoms with van der Waals surface area (Å²) in [6, 6.07) is 7.54. The van der Waals surface area contributed by atoms with E-state index in [0.29, 0.717) is 0 Å². The third-order valence-corrected chi connectivity index (χ3v) is 2.23. The zero-order chi connectivity index (χ0) is 10.8. The van der Waals surface area contributed by atoms with Gasteiger partial charge in [-0.2, -0.15) is 0 Å². The first-order chi connectivity index (χ1) is 6.48. The molecule has 0 aromatic heterocycles. The van der Waals surface area contributed by atoms with Gasteiger partial charge in [-0.25, -0.2) is 4.79 Å². The van der Waals surface area contributed by atoms with E-state index in [1.54, 1.807) is 6.92 Å². The highest BCUT2D eigenvalue weighted by atomic mass is 16.5. The SMILES string of the molecule is COC(=O)[C@@](C)(N)c1cccc(C)c1. The second kappa shape index (κ2) is 3.80. The number of nitrogens with two attached hydrogens (primary N) is 1. The number of esters is 1. The molecule has 0 bridgehead atoms. The van der Waals surface area contributed by atoms with Crippen molar-refractivity contribution in [1.29, 1.82) is 0 Å². The van der Waals surface area contributed by atoms with Gasteiger partial charge in [0.2, 0.25) is 0 Å². The van der Waals surface area contributed by atoms with Crippen LogP contribution in [0.25, 0.3) is 0 Å². The van der Waals surface area contributed by atoms with Crippen LogP contribution in [0.3, 0.4) is 0 Å². The van der Waals surface area contributed by atoms with Crippen LogP contribution < -0.4 is 5.73 Å². The summed E-state index contributed by atoms with van der Waals surface area (Å²) in [5, 5.41) is 0. The van der Waals surface area contributed by atoms with Crippen molar-refractivity contribution < 1.29 is 9.53 Å². The molecule has 0 radical (unpaired) electrons. The standard InChI is InChI=1S/C11H15NO2/c1-8-5-4-6-9(7-8)11(2,12)10(13)14-3/h4-7H,12H2,1-3H3/t11-/m0/s1. The van der Waals surface area contributed by atoms with E-state index in [1.165, 1.54) is 7.11 Å². The average Bonchev–Trinajstić information content (AvgIpc) is 2.16. The van der Waals surface area contributed by atoms with Gasteiger partial charge in [0.15, 0.2) is 0 Å². The van der Waals surface area contributed by atoms with Gasteiger partial charge < -0.3 is 10.5 Å². The number of hydrogen-bond donors (Lipinski definition) is 1. The molecule has 1 rings (SSSR count). The average molecular weight is 193 g/mol. The lowest BCUT2D eigenvalue weighted by molar-refractivity contribution is -0.146. The van der Waals surface area contributed by atoms with Crippen LogP contribution >= 0.6 is 0 Å². The number of hydrogen-bond acceptors (Lipinski definition) is 3. The van der Waals surface area contributed by atoms with Gasteiger partial charge in [-0.1, -0.05) is 29.8 Å². The predicted molar refractivity (Wildman–Crippen MR) is 54.7 cm³/mol. The van der Waals surface area contributed by atoms with E-state index in [0.717, 1.165) is 11.1 Å². The van der Waals surface area contributed by atoms with Crippen LogP contribution in [0, 0.1) is 6.92 Å². The maximum absolute atomic E-state index is 11.4. The number of carbonyl (C=O) groups is 1. The topological polar surface area (TPSA) is 52.3 Å². The van der Waals surface area contributed by atoms with Crippen molar-refractivity contribution in [2.75, 3.05) is 7.11 Å². The van der Waals surface area contributed by atoms with Crippen molar-refractivity contribution in [3.63, 3.8) is 0 Å². The molecule has 1 atom stereocenters. The van der Waals surface area contributed by atoms with Crippen LogP contribution in [0.15, 0.2) is 24.3 Å². The molecule has 0 heterocycles. The van der Waals surface area contributed by atoms with E-state index < -0.39 is 11.5 Å². The molecule has 0 fully saturated rings. The lowest BCUT2D eigenvalue weighted by atomic mass is 9.92. The molecule has 3 heteroatoms. The molecule has 0 amide bonds. The Morgan fingerprint density at radius 2 is 2.14 bits per heavy atom. The second-order valence-electron chi connectivity index (χ2n) is 3.56. The Bertz CT molecular complexity index is 345. The molecule has 3 nitrogen and oxygen atoms in total. The maximum atomic E-state index is 11.4. The number of methoxy groups -OCH3 is 1. The fourth-order valence-corrected chi connectivity index (χ4v) is 1.30. The Morgan fingerprint density at radius 3 is 2.64 bits per heavy atom. The van der Waals surface area contributed by atoms with Gasteiger partial charge in [-0.3, -0.25) is 0 Å². The Balaban J connectivity index is 3.09. The van der Waals surface area contributed by atoms with E-state index in [2.05, 4.69) is 4.74 Å². The van der Waals surface area contributed by atoms with Crippen molar-refractivity contribution in [1.82, 2.24) is 0 Å². The molecule has 0 saturated heterocycles. The second-order valence-corrected chi connectivity index (χ2v) is 3.56. The summed E-state index contributed by atoms with van der Waals surface area (Å²) in [6.07, 6.45) is 0. The van der Waals surface area contributed by atoms with E-state index in [9.17, 15) is 4.79 Å². The van der Waals surface area contributed by atoms with Crippen LogP contribution in [0.1, 0.15) is 18.1 Å². The minimum absolute atomic E-state index is 0.428. The molecular weight excluding hydrogens is 178 g/mol. The molecule has 0 unspecified atom stereocenters. The van der Waals surface area contributed by atoms with Crippen LogP contribution in [0.4, 0.5) is 0 Å². The lowest BCUT2D eigenvalue weighted by Crippen LogP contribution is -2.42. The number of carbonyl (C=O) groups excluding carboxylic acids is 1. The molecule has 1 aromatic rings. The van der Waals surface area contributed by atoms with E-state index >= 15 is 0 Å². The van der Waals surface area contributed by atoms with Gasteiger partial charge >= 0.3 is 5.97 Å². The molecule has 2 N–H and O–H groups in total. The maximum Gasteiger partial charge on any atom is 0.330 e. The molecular formula is C11H15NO2. The summed E-state index contributed by atoms with van der Waals surface area (Å²) < 4.78 is 4.65. The first kappa shape index (κ1) is 10.7. The first-order valence-electron chi connectivity index (χ1n) is 4.43. The number of benzene rings is 1. The number of rotatable bonds is 2. The molecule has 76 valence electrons. The predicted octanol–water partition coefficient (Wildman–Crippen LogP) is 1.34. The minimum Gasteiger partial charge on any atom is -0.467 e. The molecule has 0 aliphatic heterocycles. The smallest absolute Gasteiger partial charge is 0.330 e. The quantitative estimate of drug-likeness (QED) is 0.721. The summed E-state index contributed by atoms with van der Waals surface area (Å²) in [4.78, 5) is 11.4. The highest BCUT2D eigenvalue weighted by molar-refractivity contribution is 5.81. The summed E-state index contributed by atoms with van der Waals surface area (Å²) in [7, 11) is 1.34. The van der Waals surface area contributed by atoms with Crippen molar-refractivity contribution in [2.24, 2.45) is 5.73 Å². The van der Waals surface area contributed by atoms with Gasteiger partial charge in [-0.15, -0.1) is 0 Å². The fourth-order valence-electron chi connectivity index (χ4n) is 1.30. The van der Waals surface area contributed by atoms with Gasteiger partial charge in [-0.05, 0) is 19.4 Å². The summed E-state index contributed by atoms with van der Waals surface area (Å²) in [5.74, 6) is -0.428. The zero-order valence-corrected chi connectivity index (χ0v) is 8.70. The number of aryl methyl sites for hydroxylation is 1. The third kappa shape index (κ3) is 1.93. The van der Waals surface area contributed by atoms with E-state index in [4.69, 9.17) is 5.73 Å². The summed E-state index contributed by atoms with van der Waals surface area (Å²) >= 11 is 0. The molecule has 14 heavy (non-hydrogen) atoms. The Labute approximate surface area is 83.9 Å². The lowest BCUT2D eigenvalue weighted by Gasteiger charge is -2.22. The van der Waals surface area contributed by atoms with Gasteiger partial charge in [0.1, 0.15) is 5.54 Å². The highest BCUT2D eigenvalue weighted by Gasteiger charge is 2.31. The van der Waals surface area contributed by atoms with E-state index in [-0.39, 0.29) is 0 Å². The van der Waals surface area contributed by atoms with Crippen LogP contribution in [0.5, 0.6) is 0 Å². The molecule has 0 saturated carbocycles. The Hall–Kier alpha value is -1.35. The fraction of sp³-hybridized carbons (Fsp3) is 0.364. The monoisotopic (exact) mass is 193 g/mol. The van der Waals surface area contributed by atoms with Gasteiger partial charge in [0, 0.05) is 0 Å². The zero-order valence-electron chi connectivity index (χ0n) is 8.70. The van der Waals surface area contributed by atoms with Crippen molar-refractivity contribution in [3.8, 4) is 0 Å². The molecule has 0 aliphatic rings. The third-order valence-electron chi connectivity index (χ3n) is 2.23. The minimum atomic E-state index is -1.07. The van der Waals surface area contributed by atoms with Gasteiger partial charge in [0.25, 0.3) is 0 Å². The van der Waals surface area contributed by atoms with Crippen molar-refractivity contribution in [2.45, 2.75) is 19.4 Å². The number of ether oxygens (including phenoxy) is 1. The van der Waals surface area contributed by atoms with Gasteiger partial charge in [0.05, 0.1) is 7.11 Å². The molecule has 1 aromatic carbocycles. The van der Waals surface area contributed by atoms with Crippen molar-refractivity contribution >= 4 is 5.97 Å². The van der Waals surface area contributed by atoms with Crippen molar-refractivity contribution in [3.05, 3.63) is 35.4 Å². The van der Waals surface area contributed by atoms with Crippen LogP contribution in [-0.4, -0.2) is 13.1 Å². The normalized spacial score (nSPS) is 14.6. The summed E-state index contributed by atoms with van der Waals surface area (Å²) in [6.45, 7) is 3.60.